The number of aliphatic hydroxyl groups excluding tert-OH is 2. The van der Waals surface area contributed by atoms with Crippen molar-refractivity contribution in [1.29, 1.82) is 0 Å². The van der Waals surface area contributed by atoms with Crippen molar-refractivity contribution in [3.63, 3.8) is 0 Å². The minimum atomic E-state index is -0.431. The van der Waals surface area contributed by atoms with Crippen molar-refractivity contribution >= 4 is 6.08 Å². The van der Waals surface area contributed by atoms with E-state index in [9.17, 15) is 15.3 Å². The van der Waals surface area contributed by atoms with Gasteiger partial charge in [0.25, 0.3) is 0 Å². The van der Waals surface area contributed by atoms with E-state index in [1.807, 2.05) is 13.8 Å². The van der Waals surface area contributed by atoms with Gasteiger partial charge in [-0.1, -0.05) is 11.6 Å². The Labute approximate surface area is 100 Å². The molecular formula is C13H18O4. The van der Waals surface area contributed by atoms with Crippen LogP contribution in [0.2, 0.25) is 0 Å². The number of hydrogen-bond donors (Lipinski definition) is 4. The van der Waals surface area contributed by atoms with Crippen molar-refractivity contribution < 1.29 is 20.4 Å². The molecule has 0 spiro atoms. The molecule has 0 aliphatic heterocycles. The van der Waals surface area contributed by atoms with E-state index >= 15 is 0 Å². The zero-order valence-corrected chi connectivity index (χ0v) is 10.3. The summed E-state index contributed by atoms with van der Waals surface area (Å²) >= 11 is 0. The molecule has 0 unspecified atom stereocenters. The summed E-state index contributed by atoms with van der Waals surface area (Å²) in [5, 5.41) is 38.3. The zero-order valence-electron chi connectivity index (χ0n) is 10.3. The summed E-state index contributed by atoms with van der Waals surface area (Å²) in [7, 11) is 0. The van der Waals surface area contributed by atoms with Gasteiger partial charge < -0.3 is 20.4 Å². The molecule has 0 radical (unpaired) electrons. The Morgan fingerprint density at radius 2 is 1.47 bits per heavy atom. The molecule has 0 heterocycles. The maximum atomic E-state index is 10.0. The fourth-order valence-electron chi connectivity index (χ4n) is 1.79. The van der Waals surface area contributed by atoms with Gasteiger partial charge in [-0.05, 0) is 20.8 Å². The molecule has 4 nitrogen and oxygen atoms in total. The minimum Gasteiger partial charge on any atom is -0.507 e. The molecule has 0 fully saturated rings. The molecule has 17 heavy (non-hydrogen) atoms. The highest BCUT2D eigenvalue weighted by Crippen LogP contribution is 2.38. The molecule has 0 atom stereocenters. The van der Waals surface area contributed by atoms with Crippen molar-refractivity contribution in [1.82, 2.24) is 0 Å². The first-order valence-corrected chi connectivity index (χ1v) is 5.36. The third-order valence-electron chi connectivity index (χ3n) is 2.70. The minimum absolute atomic E-state index is 0.0816. The second kappa shape index (κ2) is 5.21. The third-order valence-corrected chi connectivity index (χ3v) is 2.70. The van der Waals surface area contributed by atoms with Crippen LogP contribution in [0.1, 0.15) is 36.1 Å². The normalized spacial score (nSPS) is 10.4. The van der Waals surface area contributed by atoms with Gasteiger partial charge in [-0.2, -0.15) is 0 Å². The quantitative estimate of drug-likeness (QED) is 0.605. The van der Waals surface area contributed by atoms with Gasteiger partial charge in [-0.3, -0.25) is 0 Å². The highest BCUT2D eigenvalue weighted by Gasteiger charge is 2.19. The summed E-state index contributed by atoms with van der Waals surface area (Å²) in [6, 6.07) is 0. The van der Waals surface area contributed by atoms with E-state index in [0.29, 0.717) is 11.1 Å². The van der Waals surface area contributed by atoms with E-state index < -0.39 is 13.2 Å². The van der Waals surface area contributed by atoms with Crippen LogP contribution < -0.4 is 0 Å². The first kappa shape index (κ1) is 13.5. The van der Waals surface area contributed by atoms with E-state index in [0.717, 1.165) is 5.57 Å². The van der Waals surface area contributed by atoms with Crippen molar-refractivity contribution in [3.8, 4) is 11.5 Å². The third kappa shape index (κ3) is 2.43. The summed E-state index contributed by atoms with van der Waals surface area (Å²) in [5.74, 6) is -0.171. The zero-order chi connectivity index (χ0) is 13.2. The van der Waals surface area contributed by atoms with Crippen LogP contribution in [0.3, 0.4) is 0 Å². The van der Waals surface area contributed by atoms with Gasteiger partial charge in [0.2, 0.25) is 0 Å². The lowest BCUT2D eigenvalue weighted by atomic mass is 9.95. The molecule has 4 N–H and O–H groups in total. The van der Waals surface area contributed by atoms with Crippen LogP contribution in [0.4, 0.5) is 0 Å². The number of aromatic hydroxyl groups is 2. The van der Waals surface area contributed by atoms with E-state index in [4.69, 9.17) is 5.11 Å². The molecule has 4 heteroatoms. The second-order valence-corrected chi connectivity index (χ2v) is 4.23. The Morgan fingerprint density at radius 1 is 1.00 bits per heavy atom. The lowest BCUT2D eigenvalue weighted by molar-refractivity contribution is 0.250. The Hall–Kier alpha value is -1.52. The molecule has 0 bridgehead atoms. The number of benzene rings is 1. The van der Waals surface area contributed by atoms with Gasteiger partial charge in [0.05, 0.1) is 13.2 Å². The van der Waals surface area contributed by atoms with E-state index in [2.05, 4.69) is 0 Å². The topological polar surface area (TPSA) is 80.9 Å². The average molecular weight is 238 g/mol. The molecule has 0 aliphatic carbocycles. The van der Waals surface area contributed by atoms with Crippen molar-refractivity contribution in [2.24, 2.45) is 0 Å². The predicted molar refractivity (Wildman–Crippen MR) is 65.7 cm³/mol. The van der Waals surface area contributed by atoms with Crippen LogP contribution >= 0.6 is 0 Å². The van der Waals surface area contributed by atoms with Gasteiger partial charge in [0, 0.05) is 22.3 Å². The van der Waals surface area contributed by atoms with Gasteiger partial charge in [-0.25, -0.2) is 0 Å². The van der Waals surface area contributed by atoms with Crippen LogP contribution in [0, 0.1) is 6.92 Å². The number of hydrogen-bond acceptors (Lipinski definition) is 4. The van der Waals surface area contributed by atoms with E-state index in [-0.39, 0.29) is 22.6 Å². The smallest absolute Gasteiger partial charge is 0.129 e. The second-order valence-electron chi connectivity index (χ2n) is 4.23. The Kier molecular flexibility index (Phi) is 4.15. The number of allylic oxidation sites excluding steroid dienone is 1. The van der Waals surface area contributed by atoms with Crippen LogP contribution in [0.25, 0.3) is 6.08 Å². The number of rotatable bonds is 3. The summed E-state index contributed by atoms with van der Waals surface area (Å²) < 4.78 is 0. The summed E-state index contributed by atoms with van der Waals surface area (Å²) in [6.07, 6.45) is 1.73. The molecule has 0 amide bonds. The lowest BCUT2D eigenvalue weighted by Crippen LogP contribution is -2.00. The van der Waals surface area contributed by atoms with Crippen LogP contribution in [-0.2, 0) is 13.2 Å². The van der Waals surface area contributed by atoms with Gasteiger partial charge in [0.1, 0.15) is 11.5 Å². The van der Waals surface area contributed by atoms with Crippen molar-refractivity contribution in [2.45, 2.75) is 34.0 Å². The molecule has 0 saturated heterocycles. The fraction of sp³-hybridized carbons (Fsp3) is 0.385. The summed E-state index contributed by atoms with van der Waals surface area (Å²) in [6.45, 7) is 4.54. The molecule has 94 valence electrons. The summed E-state index contributed by atoms with van der Waals surface area (Å²) in [5.41, 5.74) is 2.27. The Balaban J connectivity index is 3.64. The van der Waals surface area contributed by atoms with Crippen LogP contribution in [-0.4, -0.2) is 20.4 Å². The van der Waals surface area contributed by atoms with Crippen LogP contribution in [0.5, 0.6) is 11.5 Å². The highest BCUT2D eigenvalue weighted by atomic mass is 16.3. The summed E-state index contributed by atoms with van der Waals surface area (Å²) in [4.78, 5) is 0. The van der Waals surface area contributed by atoms with Crippen molar-refractivity contribution in [2.75, 3.05) is 0 Å². The molecule has 0 aromatic heterocycles. The van der Waals surface area contributed by atoms with Gasteiger partial charge in [-0.15, -0.1) is 0 Å². The highest BCUT2D eigenvalue weighted by molar-refractivity contribution is 5.69. The maximum absolute atomic E-state index is 10.0. The number of aliphatic hydroxyl groups is 2. The van der Waals surface area contributed by atoms with Gasteiger partial charge >= 0.3 is 0 Å². The maximum Gasteiger partial charge on any atom is 0.129 e. The largest absolute Gasteiger partial charge is 0.507 e. The van der Waals surface area contributed by atoms with Crippen LogP contribution in [0.15, 0.2) is 5.57 Å². The van der Waals surface area contributed by atoms with E-state index in [1.165, 1.54) is 0 Å². The van der Waals surface area contributed by atoms with Gasteiger partial charge in [0.15, 0.2) is 0 Å². The lowest BCUT2D eigenvalue weighted by Gasteiger charge is -2.16. The number of phenols is 2. The molecule has 1 aromatic carbocycles. The first-order valence-electron chi connectivity index (χ1n) is 5.36. The molecule has 1 rings (SSSR count). The molecular weight excluding hydrogens is 220 g/mol. The first-order chi connectivity index (χ1) is 7.93. The Bertz CT molecular complexity index is 457. The fourth-order valence-corrected chi connectivity index (χ4v) is 1.79. The predicted octanol–water partition coefficient (Wildman–Crippen LogP) is 1.81. The molecule has 0 saturated carbocycles. The Morgan fingerprint density at radius 3 is 1.88 bits per heavy atom. The molecule has 1 aromatic rings. The SMILES string of the molecule is CC(C)=Cc1c(C)c(O)c(CO)c(CO)c1O. The molecule has 0 aliphatic rings. The average Bonchev–Trinajstić information content (AvgIpc) is 2.28. The van der Waals surface area contributed by atoms with E-state index in [1.54, 1.807) is 13.0 Å². The van der Waals surface area contributed by atoms with Crippen molar-refractivity contribution in [3.05, 3.63) is 27.8 Å². The standard InChI is InChI=1S/C13H18O4/c1-7(2)4-9-8(3)12(16)10(5-14)11(6-15)13(9)17/h4,14-17H,5-6H2,1-3H3. The monoisotopic (exact) mass is 238 g/mol.